The molecule has 1 aromatic rings. The maximum atomic E-state index is 10.1. The van der Waals surface area contributed by atoms with Crippen molar-refractivity contribution in [3.8, 4) is 6.07 Å². The van der Waals surface area contributed by atoms with Crippen molar-refractivity contribution in [1.29, 1.82) is 5.26 Å². The van der Waals surface area contributed by atoms with Crippen molar-refractivity contribution in [3.63, 3.8) is 0 Å². The molecule has 5 heteroatoms. The van der Waals surface area contributed by atoms with E-state index < -0.39 is 5.60 Å². The maximum absolute atomic E-state index is 10.1. The van der Waals surface area contributed by atoms with Gasteiger partial charge < -0.3 is 21.1 Å². The third kappa shape index (κ3) is 4.24. The molecule has 0 amide bonds. The summed E-state index contributed by atoms with van der Waals surface area (Å²) in [6, 6.07) is 7.09. The van der Waals surface area contributed by atoms with E-state index in [1.54, 1.807) is 25.1 Å². The second kappa shape index (κ2) is 5.71. The monoisotopic (exact) mass is 248 g/mol. The number of rotatable bonds is 5. The number of likely N-dealkylation sites (N-methyl/N-ethyl adjacent to an activating group) is 1. The summed E-state index contributed by atoms with van der Waals surface area (Å²) in [5, 5.41) is 22.0. The van der Waals surface area contributed by atoms with E-state index in [1.807, 2.05) is 25.1 Å². The number of aliphatic hydroxyl groups is 1. The molecule has 0 aromatic heterocycles. The normalized spacial score (nSPS) is 14.0. The molecule has 0 saturated heterocycles. The molecule has 0 spiro atoms. The van der Waals surface area contributed by atoms with Crippen LogP contribution in [0.3, 0.4) is 0 Å². The van der Waals surface area contributed by atoms with Gasteiger partial charge in [-0.05, 0) is 39.2 Å². The highest BCUT2D eigenvalue weighted by Gasteiger charge is 2.21. The lowest BCUT2D eigenvalue weighted by Gasteiger charge is -2.27. The fourth-order valence-electron chi connectivity index (χ4n) is 1.82. The summed E-state index contributed by atoms with van der Waals surface area (Å²) in [6.07, 6.45) is 0. The van der Waals surface area contributed by atoms with Gasteiger partial charge >= 0.3 is 0 Å². The predicted octanol–water partition coefficient (Wildman–Crippen LogP) is 0.865. The number of nitrogen functional groups attached to an aromatic ring is 1. The highest BCUT2D eigenvalue weighted by Crippen LogP contribution is 2.20. The summed E-state index contributed by atoms with van der Waals surface area (Å²) < 4.78 is 0. The summed E-state index contributed by atoms with van der Waals surface area (Å²) in [7, 11) is 3.81. The van der Waals surface area contributed by atoms with Crippen molar-refractivity contribution >= 4 is 11.4 Å². The van der Waals surface area contributed by atoms with Gasteiger partial charge in [-0.25, -0.2) is 0 Å². The number of nitriles is 1. The Morgan fingerprint density at radius 1 is 1.50 bits per heavy atom. The third-order valence-corrected chi connectivity index (χ3v) is 2.50. The topological polar surface area (TPSA) is 85.3 Å². The van der Waals surface area contributed by atoms with Crippen LogP contribution in [0.4, 0.5) is 11.4 Å². The van der Waals surface area contributed by atoms with Gasteiger partial charge in [0, 0.05) is 13.1 Å². The highest BCUT2D eigenvalue weighted by molar-refractivity contribution is 5.68. The molecule has 0 radical (unpaired) electrons. The van der Waals surface area contributed by atoms with E-state index in [0.717, 1.165) is 5.69 Å². The quantitative estimate of drug-likeness (QED) is 0.673. The van der Waals surface area contributed by atoms with Gasteiger partial charge in [0.2, 0.25) is 0 Å². The second-order valence-corrected chi connectivity index (χ2v) is 5.00. The Morgan fingerprint density at radius 2 is 2.17 bits per heavy atom. The van der Waals surface area contributed by atoms with Crippen LogP contribution in [0.1, 0.15) is 12.5 Å². The summed E-state index contributed by atoms with van der Waals surface area (Å²) in [6.45, 7) is 2.71. The Bertz CT molecular complexity index is 449. The molecular weight excluding hydrogens is 228 g/mol. The second-order valence-electron chi connectivity index (χ2n) is 5.00. The summed E-state index contributed by atoms with van der Waals surface area (Å²) in [4.78, 5) is 1.92. The number of hydrogen-bond donors (Lipinski definition) is 3. The van der Waals surface area contributed by atoms with E-state index >= 15 is 0 Å². The number of nitrogens with zero attached hydrogens (tertiary/aromatic N) is 2. The summed E-state index contributed by atoms with van der Waals surface area (Å²) in [5.74, 6) is 0. The van der Waals surface area contributed by atoms with Crippen LogP contribution in [0.2, 0.25) is 0 Å². The Balaban J connectivity index is 2.67. The lowest BCUT2D eigenvalue weighted by Crippen LogP contribution is -2.43. The smallest absolute Gasteiger partial charge is 0.0992 e. The van der Waals surface area contributed by atoms with Crippen molar-refractivity contribution in [2.24, 2.45) is 0 Å². The SMILES string of the molecule is CN(C)CC(C)(O)CNc1ccc(C#N)cc1N. The van der Waals surface area contributed by atoms with Crippen LogP contribution in [0.25, 0.3) is 0 Å². The molecule has 1 aromatic carbocycles. The van der Waals surface area contributed by atoms with Crippen molar-refractivity contribution < 1.29 is 5.11 Å². The molecule has 18 heavy (non-hydrogen) atoms. The third-order valence-electron chi connectivity index (χ3n) is 2.50. The highest BCUT2D eigenvalue weighted by atomic mass is 16.3. The van der Waals surface area contributed by atoms with E-state index in [-0.39, 0.29) is 0 Å². The fraction of sp³-hybridized carbons (Fsp3) is 0.462. The average Bonchev–Trinajstić information content (AvgIpc) is 2.25. The molecule has 0 aliphatic heterocycles. The zero-order chi connectivity index (χ0) is 13.8. The average molecular weight is 248 g/mol. The van der Waals surface area contributed by atoms with Gasteiger partial charge in [0.05, 0.1) is 28.6 Å². The molecular formula is C13H20N4O. The Morgan fingerprint density at radius 3 is 2.67 bits per heavy atom. The zero-order valence-corrected chi connectivity index (χ0v) is 11.1. The molecule has 5 nitrogen and oxygen atoms in total. The van der Waals surface area contributed by atoms with Gasteiger partial charge in [0.15, 0.2) is 0 Å². The van der Waals surface area contributed by atoms with Crippen LogP contribution in [-0.4, -0.2) is 42.8 Å². The van der Waals surface area contributed by atoms with E-state index in [0.29, 0.717) is 24.3 Å². The molecule has 0 bridgehead atoms. The Kier molecular flexibility index (Phi) is 4.54. The number of nitrogens with two attached hydrogens (primary N) is 1. The molecule has 0 saturated carbocycles. The molecule has 0 heterocycles. The van der Waals surface area contributed by atoms with E-state index in [9.17, 15) is 5.11 Å². The lowest BCUT2D eigenvalue weighted by atomic mass is 10.1. The van der Waals surface area contributed by atoms with Crippen LogP contribution >= 0.6 is 0 Å². The first-order valence-corrected chi connectivity index (χ1v) is 5.75. The molecule has 1 rings (SSSR count). The first-order valence-electron chi connectivity index (χ1n) is 5.75. The maximum Gasteiger partial charge on any atom is 0.0992 e. The largest absolute Gasteiger partial charge is 0.397 e. The number of hydrogen-bond acceptors (Lipinski definition) is 5. The molecule has 4 N–H and O–H groups in total. The molecule has 0 fully saturated rings. The van der Waals surface area contributed by atoms with Gasteiger partial charge in [-0.3, -0.25) is 0 Å². The summed E-state index contributed by atoms with van der Waals surface area (Å²) >= 11 is 0. The van der Waals surface area contributed by atoms with Gasteiger partial charge in [0.25, 0.3) is 0 Å². The molecule has 0 aliphatic carbocycles. The predicted molar refractivity (Wildman–Crippen MR) is 73.2 cm³/mol. The van der Waals surface area contributed by atoms with Crippen LogP contribution in [0.15, 0.2) is 18.2 Å². The lowest BCUT2D eigenvalue weighted by molar-refractivity contribution is 0.0460. The Hall–Kier alpha value is -1.77. The first kappa shape index (κ1) is 14.3. The van der Waals surface area contributed by atoms with Gasteiger partial charge in [-0.1, -0.05) is 0 Å². The van der Waals surface area contributed by atoms with E-state index in [4.69, 9.17) is 11.0 Å². The molecule has 1 atom stereocenters. The minimum Gasteiger partial charge on any atom is -0.397 e. The van der Waals surface area contributed by atoms with Crippen LogP contribution in [0, 0.1) is 11.3 Å². The standard InChI is InChI=1S/C13H20N4O/c1-13(18,9-17(2)3)8-16-12-5-4-10(7-14)6-11(12)15/h4-6,16,18H,8-9,15H2,1-3H3. The van der Waals surface area contributed by atoms with Crippen molar-refractivity contribution in [1.82, 2.24) is 4.90 Å². The summed E-state index contributed by atoms with van der Waals surface area (Å²) in [5.41, 5.74) is 6.74. The van der Waals surface area contributed by atoms with Crippen molar-refractivity contribution in [2.45, 2.75) is 12.5 Å². The van der Waals surface area contributed by atoms with Crippen molar-refractivity contribution in [3.05, 3.63) is 23.8 Å². The number of benzene rings is 1. The molecule has 0 aliphatic rings. The van der Waals surface area contributed by atoms with Crippen LogP contribution in [-0.2, 0) is 0 Å². The van der Waals surface area contributed by atoms with Crippen molar-refractivity contribution in [2.75, 3.05) is 38.2 Å². The van der Waals surface area contributed by atoms with Crippen LogP contribution in [0.5, 0.6) is 0 Å². The number of anilines is 2. The van der Waals surface area contributed by atoms with Gasteiger partial charge in [0.1, 0.15) is 0 Å². The minimum absolute atomic E-state index is 0.390. The number of nitrogens with one attached hydrogen (secondary N) is 1. The fourth-order valence-corrected chi connectivity index (χ4v) is 1.82. The zero-order valence-electron chi connectivity index (χ0n) is 11.1. The molecule has 98 valence electrons. The minimum atomic E-state index is -0.843. The molecule has 1 unspecified atom stereocenters. The first-order chi connectivity index (χ1) is 8.34. The van der Waals surface area contributed by atoms with Gasteiger partial charge in [-0.15, -0.1) is 0 Å². The van der Waals surface area contributed by atoms with Crippen LogP contribution < -0.4 is 11.1 Å². The van der Waals surface area contributed by atoms with Gasteiger partial charge in [-0.2, -0.15) is 5.26 Å². The van der Waals surface area contributed by atoms with E-state index in [2.05, 4.69) is 5.32 Å². The van der Waals surface area contributed by atoms with E-state index in [1.165, 1.54) is 0 Å². The Labute approximate surface area is 108 Å².